The first-order valence-corrected chi connectivity index (χ1v) is 8.13. The molecule has 4 heteroatoms. The Kier molecular flexibility index (Phi) is 6.44. The van der Waals surface area contributed by atoms with Crippen molar-refractivity contribution in [1.29, 1.82) is 0 Å². The lowest BCUT2D eigenvalue weighted by molar-refractivity contribution is -0.152. The number of benzene rings is 1. The second kappa shape index (κ2) is 8.57. The lowest BCUT2D eigenvalue weighted by Gasteiger charge is -2.26. The van der Waals surface area contributed by atoms with Crippen LogP contribution in [0.25, 0.3) is 0 Å². The Bertz CT molecular complexity index is 486. The highest BCUT2D eigenvalue weighted by atomic mass is 16.5. The van der Waals surface area contributed by atoms with Gasteiger partial charge in [0.05, 0.1) is 6.42 Å². The summed E-state index contributed by atoms with van der Waals surface area (Å²) in [6.07, 6.45) is 4.64. The van der Waals surface area contributed by atoms with Gasteiger partial charge in [-0.1, -0.05) is 43.7 Å². The summed E-state index contributed by atoms with van der Waals surface area (Å²) in [7, 11) is 0. The molecule has 1 aliphatic carbocycles. The summed E-state index contributed by atoms with van der Waals surface area (Å²) >= 11 is 0. The van der Waals surface area contributed by atoms with E-state index in [0.717, 1.165) is 24.8 Å². The van der Waals surface area contributed by atoms with E-state index in [2.05, 4.69) is 12.2 Å². The third-order valence-electron chi connectivity index (χ3n) is 4.08. The summed E-state index contributed by atoms with van der Waals surface area (Å²) in [5, 5.41) is 2.82. The first-order valence-electron chi connectivity index (χ1n) is 8.13. The van der Waals surface area contributed by atoms with E-state index in [4.69, 9.17) is 4.74 Å². The molecular weight excluding hydrogens is 278 g/mol. The topological polar surface area (TPSA) is 55.4 Å². The monoisotopic (exact) mass is 303 g/mol. The SMILES string of the molecule is CC1CCCC(OC(=O)CCC(=O)NCc2ccccc2)C1. The fraction of sp³-hybridized carbons (Fsp3) is 0.556. The molecule has 2 rings (SSSR count). The molecule has 1 fully saturated rings. The molecule has 0 aliphatic heterocycles. The molecular formula is C18H25NO3. The van der Waals surface area contributed by atoms with Gasteiger partial charge in [-0.3, -0.25) is 9.59 Å². The molecule has 0 bridgehead atoms. The number of hydrogen-bond donors (Lipinski definition) is 1. The van der Waals surface area contributed by atoms with Crippen molar-refractivity contribution in [3.8, 4) is 0 Å². The first kappa shape index (κ1) is 16.5. The van der Waals surface area contributed by atoms with Gasteiger partial charge in [0.15, 0.2) is 0 Å². The van der Waals surface area contributed by atoms with Crippen LogP contribution in [0, 0.1) is 5.92 Å². The predicted octanol–water partition coefficient (Wildman–Crippen LogP) is 3.20. The third kappa shape index (κ3) is 5.88. The van der Waals surface area contributed by atoms with E-state index in [9.17, 15) is 9.59 Å². The molecule has 0 spiro atoms. The van der Waals surface area contributed by atoms with Crippen molar-refractivity contribution in [1.82, 2.24) is 5.32 Å². The molecule has 0 aromatic heterocycles. The van der Waals surface area contributed by atoms with Gasteiger partial charge < -0.3 is 10.1 Å². The van der Waals surface area contributed by atoms with Gasteiger partial charge in [0.2, 0.25) is 5.91 Å². The average Bonchev–Trinajstić information content (AvgIpc) is 2.52. The van der Waals surface area contributed by atoms with Crippen LogP contribution in [-0.4, -0.2) is 18.0 Å². The maximum atomic E-state index is 11.8. The molecule has 120 valence electrons. The summed E-state index contributed by atoms with van der Waals surface area (Å²) in [6, 6.07) is 9.72. The minimum absolute atomic E-state index is 0.0450. The van der Waals surface area contributed by atoms with Crippen LogP contribution in [0.3, 0.4) is 0 Å². The Labute approximate surface area is 132 Å². The second-order valence-corrected chi connectivity index (χ2v) is 6.15. The minimum Gasteiger partial charge on any atom is -0.462 e. The Hall–Kier alpha value is -1.84. The van der Waals surface area contributed by atoms with Crippen LogP contribution in [0.4, 0.5) is 0 Å². The lowest BCUT2D eigenvalue weighted by Crippen LogP contribution is -2.26. The molecule has 0 radical (unpaired) electrons. The molecule has 4 nitrogen and oxygen atoms in total. The van der Waals surface area contributed by atoms with Gasteiger partial charge in [-0.25, -0.2) is 0 Å². The number of hydrogen-bond acceptors (Lipinski definition) is 3. The number of carbonyl (C=O) groups excluding carboxylic acids is 2. The highest BCUT2D eigenvalue weighted by Crippen LogP contribution is 2.25. The average molecular weight is 303 g/mol. The zero-order valence-electron chi connectivity index (χ0n) is 13.2. The molecule has 1 saturated carbocycles. The Morgan fingerprint density at radius 2 is 1.95 bits per heavy atom. The summed E-state index contributed by atoms with van der Waals surface area (Å²) in [5.41, 5.74) is 1.05. The van der Waals surface area contributed by atoms with Gasteiger partial charge in [-0.15, -0.1) is 0 Å². The van der Waals surface area contributed by atoms with Gasteiger partial charge in [0, 0.05) is 13.0 Å². The van der Waals surface area contributed by atoms with Crippen LogP contribution in [0.15, 0.2) is 30.3 Å². The standard InChI is InChI=1S/C18H25NO3/c1-14-6-5-9-16(12-14)22-18(21)11-10-17(20)19-13-15-7-3-2-4-8-15/h2-4,7-8,14,16H,5-6,9-13H2,1H3,(H,19,20). The molecule has 1 amide bonds. The predicted molar refractivity (Wildman–Crippen MR) is 85.0 cm³/mol. The molecule has 2 unspecified atom stereocenters. The van der Waals surface area contributed by atoms with Gasteiger partial charge in [0.25, 0.3) is 0 Å². The van der Waals surface area contributed by atoms with Crippen LogP contribution < -0.4 is 5.32 Å². The summed E-state index contributed by atoms with van der Waals surface area (Å²) in [6.45, 7) is 2.69. The van der Waals surface area contributed by atoms with Crippen molar-refractivity contribution < 1.29 is 14.3 Å². The third-order valence-corrected chi connectivity index (χ3v) is 4.08. The summed E-state index contributed by atoms with van der Waals surface area (Å²) < 4.78 is 5.46. The number of esters is 1. The van der Waals surface area contributed by atoms with E-state index in [-0.39, 0.29) is 30.8 Å². The molecule has 0 saturated heterocycles. The fourth-order valence-corrected chi connectivity index (χ4v) is 2.83. The number of ether oxygens (including phenoxy) is 1. The van der Waals surface area contributed by atoms with Crippen molar-refractivity contribution in [2.75, 3.05) is 0 Å². The first-order chi connectivity index (χ1) is 10.6. The molecule has 22 heavy (non-hydrogen) atoms. The van der Waals surface area contributed by atoms with Crippen molar-refractivity contribution in [2.45, 2.75) is 58.1 Å². The van der Waals surface area contributed by atoms with Gasteiger partial charge in [0.1, 0.15) is 6.10 Å². The van der Waals surface area contributed by atoms with Crippen molar-refractivity contribution in [2.24, 2.45) is 5.92 Å². The number of nitrogens with one attached hydrogen (secondary N) is 1. The van der Waals surface area contributed by atoms with E-state index in [1.165, 1.54) is 6.42 Å². The largest absolute Gasteiger partial charge is 0.462 e. The van der Waals surface area contributed by atoms with Crippen LogP contribution in [0.2, 0.25) is 0 Å². The number of carbonyl (C=O) groups is 2. The highest BCUT2D eigenvalue weighted by Gasteiger charge is 2.22. The van der Waals surface area contributed by atoms with Crippen LogP contribution in [0.1, 0.15) is 51.0 Å². The molecule has 0 heterocycles. The highest BCUT2D eigenvalue weighted by molar-refractivity contribution is 5.81. The van der Waals surface area contributed by atoms with Crippen LogP contribution in [-0.2, 0) is 20.9 Å². The quantitative estimate of drug-likeness (QED) is 0.821. The Morgan fingerprint density at radius 1 is 1.18 bits per heavy atom. The molecule has 1 aromatic carbocycles. The molecule has 1 aromatic rings. The maximum Gasteiger partial charge on any atom is 0.306 e. The van der Waals surface area contributed by atoms with Crippen molar-refractivity contribution in [3.63, 3.8) is 0 Å². The zero-order chi connectivity index (χ0) is 15.8. The zero-order valence-corrected chi connectivity index (χ0v) is 13.2. The van der Waals surface area contributed by atoms with E-state index in [1.807, 2.05) is 30.3 Å². The maximum absolute atomic E-state index is 11.8. The second-order valence-electron chi connectivity index (χ2n) is 6.15. The molecule has 1 N–H and O–H groups in total. The van der Waals surface area contributed by atoms with Gasteiger partial charge >= 0.3 is 5.97 Å². The summed E-state index contributed by atoms with van der Waals surface area (Å²) in [4.78, 5) is 23.5. The van der Waals surface area contributed by atoms with Crippen LogP contribution >= 0.6 is 0 Å². The van der Waals surface area contributed by atoms with Crippen molar-refractivity contribution >= 4 is 11.9 Å². The van der Waals surface area contributed by atoms with E-state index in [0.29, 0.717) is 12.5 Å². The number of amides is 1. The van der Waals surface area contributed by atoms with Gasteiger partial charge in [-0.05, 0) is 30.7 Å². The fourth-order valence-electron chi connectivity index (χ4n) is 2.83. The number of rotatable bonds is 6. The Balaban J connectivity index is 1.62. The van der Waals surface area contributed by atoms with Gasteiger partial charge in [-0.2, -0.15) is 0 Å². The minimum atomic E-state index is -0.256. The smallest absolute Gasteiger partial charge is 0.306 e. The molecule has 2 atom stereocenters. The molecule has 1 aliphatic rings. The summed E-state index contributed by atoms with van der Waals surface area (Å²) in [5.74, 6) is 0.257. The lowest BCUT2D eigenvalue weighted by atomic mass is 9.89. The van der Waals surface area contributed by atoms with E-state index >= 15 is 0 Å². The van der Waals surface area contributed by atoms with Crippen LogP contribution in [0.5, 0.6) is 0 Å². The Morgan fingerprint density at radius 3 is 2.68 bits per heavy atom. The van der Waals surface area contributed by atoms with E-state index in [1.54, 1.807) is 0 Å². The van der Waals surface area contributed by atoms with E-state index < -0.39 is 0 Å². The normalized spacial score (nSPS) is 21.1. The van der Waals surface area contributed by atoms with Crippen molar-refractivity contribution in [3.05, 3.63) is 35.9 Å².